The van der Waals surface area contributed by atoms with E-state index in [0.29, 0.717) is 17.8 Å². The second-order valence-corrected chi connectivity index (χ2v) is 8.79. The molecule has 1 amide bonds. The molecule has 1 aliphatic rings. The van der Waals surface area contributed by atoms with Crippen molar-refractivity contribution in [1.29, 1.82) is 0 Å². The van der Waals surface area contributed by atoms with Gasteiger partial charge in [0.05, 0.1) is 11.6 Å². The summed E-state index contributed by atoms with van der Waals surface area (Å²) >= 11 is 1.64. The van der Waals surface area contributed by atoms with Crippen LogP contribution >= 0.6 is 11.8 Å². The van der Waals surface area contributed by atoms with Crippen LogP contribution in [-0.2, 0) is 10.5 Å². The molecule has 1 aromatic carbocycles. The highest BCUT2D eigenvalue weighted by Gasteiger charge is 2.39. The van der Waals surface area contributed by atoms with Crippen molar-refractivity contribution in [3.05, 3.63) is 42.4 Å². The van der Waals surface area contributed by atoms with E-state index in [4.69, 9.17) is 0 Å². The number of benzene rings is 1. The fourth-order valence-electron chi connectivity index (χ4n) is 4.04. The highest BCUT2D eigenvalue weighted by Crippen LogP contribution is 2.41. The minimum atomic E-state index is 0.0958. The lowest BCUT2D eigenvalue weighted by Crippen LogP contribution is -2.25. The summed E-state index contributed by atoms with van der Waals surface area (Å²) in [5, 5.41) is 11.8. The van der Waals surface area contributed by atoms with Gasteiger partial charge in [0.1, 0.15) is 11.4 Å². The maximum Gasteiger partial charge on any atom is 0.227 e. The fraction of sp³-hybridized carbons (Fsp3) is 0.429. The van der Waals surface area contributed by atoms with Gasteiger partial charge in [-0.15, -0.1) is 11.8 Å². The summed E-state index contributed by atoms with van der Waals surface area (Å²) in [6, 6.07) is 8.06. The second-order valence-electron chi connectivity index (χ2n) is 7.83. The molecule has 0 bridgehead atoms. The average Bonchev–Trinajstić information content (AvgIpc) is 3.27. The van der Waals surface area contributed by atoms with Crippen LogP contribution in [0.25, 0.3) is 11.0 Å². The minimum Gasteiger partial charge on any atom is -0.326 e. The van der Waals surface area contributed by atoms with E-state index in [1.54, 1.807) is 24.3 Å². The topological polar surface area (TPSA) is 83.6 Å². The van der Waals surface area contributed by atoms with E-state index in [1.807, 2.05) is 18.2 Å². The van der Waals surface area contributed by atoms with Gasteiger partial charge in [0.2, 0.25) is 5.91 Å². The molecule has 3 aromatic rings. The van der Waals surface area contributed by atoms with Gasteiger partial charge in [-0.1, -0.05) is 32.9 Å². The lowest BCUT2D eigenvalue weighted by atomic mass is 9.90. The number of aromatic nitrogens is 4. The molecule has 146 valence electrons. The van der Waals surface area contributed by atoms with E-state index in [0.717, 1.165) is 39.5 Å². The first-order valence-electron chi connectivity index (χ1n) is 9.69. The number of hydrogen-bond donors (Lipinski definition) is 2. The van der Waals surface area contributed by atoms with Crippen molar-refractivity contribution < 1.29 is 4.79 Å². The Bertz CT molecular complexity index is 988. The first kappa shape index (κ1) is 18.9. The Kier molecular flexibility index (Phi) is 5.35. The normalized spacial score (nSPS) is 24.5. The molecule has 2 heterocycles. The Morgan fingerprint density at radius 3 is 2.89 bits per heavy atom. The molecule has 2 aromatic heterocycles. The van der Waals surface area contributed by atoms with E-state index >= 15 is 0 Å². The first-order valence-corrected chi connectivity index (χ1v) is 10.7. The van der Waals surface area contributed by atoms with Crippen molar-refractivity contribution in [2.75, 3.05) is 5.32 Å². The van der Waals surface area contributed by atoms with Crippen LogP contribution in [0.1, 0.15) is 32.8 Å². The third-order valence-electron chi connectivity index (χ3n) is 6.11. The molecule has 4 atom stereocenters. The zero-order valence-corrected chi connectivity index (χ0v) is 17.2. The number of hydrogen-bond acceptors (Lipinski definition) is 5. The summed E-state index contributed by atoms with van der Waals surface area (Å²) in [7, 11) is 0. The number of nitrogens with zero attached hydrogens (tertiary/aromatic N) is 3. The Morgan fingerprint density at radius 1 is 1.25 bits per heavy atom. The minimum absolute atomic E-state index is 0.0958. The van der Waals surface area contributed by atoms with Crippen LogP contribution in [0, 0.1) is 23.7 Å². The molecule has 0 spiro atoms. The summed E-state index contributed by atoms with van der Waals surface area (Å²) in [5.74, 6) is 2.61. The first-order chi connectivity index (χ1) is 13.5. The van der Waals surface area contributed by atoms with Crippen molar-refractivity contribution >= 4 is 34.4 Å². The summed E-state index contributed by atoms with van der Waals surface area (Å²) in [6.45, 7) is 6.70. The van der Waals surface area contributed by atoms with Crippen LogP contribution in [0.2, 0.25) is 0 Å². The summed E-state index contributed by atoms with van der Waals surface area (Å²) in [6.07, 6.45) is 4.27. The molecular weight excluding hydrogens is 370 g/mol. The number of nitrogens with one attached hydrogen (secondary N) is 2. The van der Waals surface area contributed by atoms with Crippen molar-refractivity contribution in [2.45, 2.75) is 38.0 Å². The third-order valence-corrected chi connectivity index (χ3v) is 7.18. The van der Waals surface area contributed by atoms with Gasteiger partial charge in [0.25, 0.3) is 0 Å². The smallest absolute Gasteiger partial charge is 0.227 e. The zero-order chi connectivity index (χ0) is 19.7. The number of carbonyl (C=O) groups excluding carboxylic acids is 1. The summed E-state index contributed by atoms with van der Waals surface area (Å²) in [4.78, 5) is 21.3. The molecule has 1 fully saturated rings. The Hall–Kier alpha value is -2.41. The zero-order valence-electron chi connectivity index (χ0n) is 16.3. The van der Waals surface area contributed by atoms with Gasteiger partial charge in [-0.3, -0.25) is 9.89 Å². The molecule has 1 saturated carbocycles. The molecule has 1 aliphatic carbocycles. The van der Waals surface area contributed by atoms with Crippen LogP contribution in [0.5, 0.6) is 0 Å². The van der Waals surface area contributed by atoms with Crippen molar-refractivity contribution in [2.24, 2.45) is 23.7 Å². The van der Waals surface area contributed by atoms with Crippen LogP contribution in [0.15, 0.2) is 41.8 Å². The molecule has 0 saturated heterocycles. The van der Waals surface area contributed by atoms with E-state index < -0.39 is 0 Å². The summed E-state index contributed by atoms with van der Waals surface area (Å²) in [5.41, 5.74) is 2.74. The predicted octanol–water partition coefficient (Wildman–Crippen LogP) is 4.51. The number of carbonyl (C=O) groups is 1. The lowest BCUT2D eigenvalue weighted by molar-refractivity contribution is -0.120. The van der Waals surface area contributed by atoms with Crippen molar-refractivity contribution in [3.8, 4) is 0 Å². The van der Waals surface area contributed by atoms with Crippen LogP contribution in [0.4, 0.5) is 5.69 Å². The van der Waals surface area contributed by atoms with Crippen LogP contribution in [0.3, 0.4) is 0 Å². The third kappa shape index (κ3) is 3.76. The number of anilines is 1. The molecule has 0 aliphatic heterocycles. The Balaban J connectivity index is 1.42. The van der Waals surface area contributed by atoms with E-state index in [1.165, 1.54) is 0 Å². The SMILES string of the molecule is C[C@@H]1[C@H](C)[C@H](C)C[C@@H]1C(=O)Nc1cccc(CSc2ncnc3[nH]ncc23)c1. The standard InChI is InChI=1S/C21H25N5OS/c1-12-7-17(14(3)13(12)2)20(27)25-16-6-4-5-15(8-16)10-28-21-18-9-24-26-19(18)22-11-23-21/h4-6,8-9,11-14,17H,7,10H2,1-3H3,(H,25,27)(H,22,23,24,26)/t12-,13-,14-,17+/m1/s1. The molecule has 7 heteroatoms. The molecule has 0 radical (unpaired) electrons. The number of aromatic amines is 1. The molecule has 6 nitrogen and oxygen atoms in total. The summed E-state index contributed by atoms with van der Waals surface area (Å²) < 4.78 is 0. The van der Waals surface area contributed by atoms with Gasteiger partial charge in [0, 0.05) is 17.4 Å². The lowest BCUT2D eigenvalue weighted by Gasteiger charge is -2.18. The molecule has 0 unspecified atom stereocenters. The van der Waals surface area contributed by atoms with Crippen LogP contribution in [-0.4, -0.2) is 26.1 Å². The van der Waals surface area contributed by atoms with Gasteiger partial charge in [0.15, 0.2) is 5.65 Å². The Morgan fingerprint density at radius 2 is 2.11 bits per heavy atom. The van der Waals surface area contributed by atoms with Crippen molar-refractivity contribution in [1.82, 2.24) is 20.2 Å². The number of amides is 1. The number of H-pyrrole nitrogens is 1. The highest BCUT2D eigenvalue weighted by molar-refractivity contribution is 7.98. The number of fused-ring (bicyclic) bond motifs is 1. The number of rotatable bonds is 5. The number of thioether (sulfide) groups is 1. The van der Waals surface area contributed by atoms with Gasteiger partial charge in [-0.05, 0) is 41.9 Å². The van der Waals surface area contributed by atoms with Crippen LogP contribution < -0.4 is 5.32 Å². The fourth-order valence-corrected chi connectivity index (χ4v) is 4.95. The quantitative estimate of drug-likeness (QED) is 0.490. The van der Waals surface area contributed by atoms with E-state index in [2.05, 4.69) is 52.3 Å². The largest absolute Gasteiger partial charge is 0.326 e. The molecular formula is C21H25N5OS. The average molecular weight is 396 g/mol. The second kappa shape index (κ2) is 7.91. The van der Waals surface area contributed by atoms with Gasteiger partial charge < -0.3 is 5.32 Å². The van der Waals surface area contributed by atoms with Gasteiger partial charge in [-0.2, -0.15) is 5.10 Å². The Labute approximate surface area is 168 Å². The highest BCUT2D eigenvalue weighted by atomic mass is 32.2. The van der Waals surface area contributed by atoms with Gasteiger partial charge in [-0.25, -0.2) is 9.97 Å². The maximum atomic E-state index is 12.8. The van der Waals surface area contributed by atoms with E-state index in [-0.39, 0.29) is 11.8 Å². The van der Waals surface area contributed by atoms with Crippen molar-refractivity contribution in [3.63, 3.8) is 0 Å². The monoisotopic (exact) mass is 395 g/mol. The molecule has 4 rings (SSSR count). The molecule has 2 N–H and O–H groups in total. The maximum absolute atomic E-state index is 12.8. The van der Waals surface area contributed by atoms with Gasteiger partial charge >= 0.3 is 0 Å². The predicted molar refractivity (Wildman–Crippen MR) is 112 cm³/mol. The van der Waals surface area contributed by atoms with E-state index in [9.17, 15) is 4.79 Å². The molecule has 28 heavy (non-hydrogen) atoms.